The second kappa shape index (κ2) is 7.14. The summed E-state index contributed by atoms with van der Waals surface area (Å²) < 4.78 is 0. The van der Waals surface area contributed by atoms with Crippen LogP contribution in [0.5, 0.6) is 0 Å². The first kappa shape index (κ1) is 16.7. The number of anilines is 1. The highest BCUT2D eigenvalue weighted by Crippen LogP contribution is 2.26. The maximum absolute atomic E-state index is 5.39. The van der Waals surface area contributed by atoms with Crippen molar-refractivity contribution in [1.29, 1.82) is 0 Å². The molecule has 0 unspecified atom stereocenters. The predicted molar refractivity (Wildman–Crippen MR) is 106 cm³/mol. The minimum Gasteiger partial charge on any atom is -0.331 e. The number of nitrogens with one attached hydrogen (secondary N) is 2. The molecule has 0 radical (unpaired) electrons. The van der Waals surface area contributed by atoms with Gasteiger partial charge in [0.15, 0.2) is 5.11 Å². The third-order valence-electron chi connectivity index (χ3n) is 4.45. The largest absolute Gasteiger partial charge is 0.331 e. The minimum atomic E-state index is 0.522. The Balaban J connectivity index is 1.77. The minimum absolute atomic E-state index is 0.522. The van der Waals surface area contributed by atoms with Gasteiger partial charge in [0.25, 0.3) is 0 Å². The molecule has 0 saturated heterocycles. The molecule has 0 fully saturated rings. The van der Waals surface area contributed by atoms with Crippen molar-refractivity contribution < 1.29 is 0 Å². The molecule has 1 aliphatic carbocycles. The van der Waals surface area contributed by atoms with Crippen molar-refractivity contribution in [2.24, 2.45) is 5.10 Å². The Bertz CT molecular complexity index is 809. The summed E-state index contributed by atoms with van der Waals surface area (Å²) in [5, 5.41) is 8.33. The first-order chi connectivity index (χ1) is 11.5. The number of thiocarbonyl (C=S) groups is 1. The van der Waals surface area contributed by atoms with Crippen molar-refractivity contribution in [2.75, 3.05) is 5.32 Å². The van der Waals surface area contributed by atoms with E-state index in [1.54, 1.807) is 0 Å². The van der Waals surface area contributed by atoms with Crippen molar-refractivity contribution in [3.05, 3.63) is 64.2 Å². The molecule has 2 aromatic rings. The van der Waals surface area contributed by atoms with E-state index in [0.717, 1.165) is 36.2 Å². The fourth-order valence-corrected chi connectivity index (χ4v) is 3.41. The van der Waals surface area contributed by atoms with Crippen LogP contribution in [0.4, 0.5) is 5.69 Å². The highest BCUT2D eigenvalue weighted by atomic mass is 32.1. The molecule has 24 heavy (non-hydrogen) atoms. The molecule has 0 saturated carbocycles. The van der Waals surface area contributed by atoms with Gasteiger partial charge < -0.3 is 5.32 Å². The molecule has 1 aliphatic rings. The van der Waals surface area contributed by atoms with Crippen LogP contribution in [-0.2, 0) is 6.42 Å². The molecule has 0 aromatic heterocycles. The summed E-state index contributed by atoms with van der Waals surface area (Å²) in [6.07, 6.45) is 3.25. The van der Waals surface area contributed by atoms with Crippen LogP contribution in [0.2, 0.25) is 0 Å². The van der Waals surface area contributed by atoms with Gasteiger partial charge in [-0.25, -0.2) is 0 Å². The van der Waals surface area contributed by atoms with Gasteiger partial charge in [0.05, 0.1) is 5.71 Å². The van der Waals surface area contributed by atoms with Crippen LogP contribution in [0.15, 0.2) is 41.5 Å². The van der Waals surface area contributed by atoms with Crippen molar-refractivity contribution in [3.8, 4) is 0 Å². The zero-order valence-electron chi connectivity index (χ0n) is 14.4. The topological polar surface area (TPSA) is 36.4 Å². The average molecular weight is 337 g/mol. The summed E-state index contributed by atoms with van der Waals surface area (Å²) in [4.78, 5) is 0. The van der Waals surface area contributed by atoms with Crippen molar-refractivity contribution in [1.82, 2.24) is 5.43 Å². The summed E-state index contributed by atoms with van der Waals surface area (Å²) in [6.45, 7) is 6.38. The summed E-state index contributed by atoms with van der Waals surface area (Å²) in [5.74, 6) is 0. The Morgan fingerprint density at radius 2 is 1.83 bits per heavy atom. The quantitative estimate of drug-likeness (QED) is 0.619. The molecule has 2 aromatic carbocycles. The van der Waals surface area contributed by atoms with Gasteiger partial charge in [-0.3, -0.25) is 5.43 Å². The molecule has 0 amide bonds. The standard InChI is InChI=1S/C20H23N3S/c1-13-11-15(3)16-8-6-10-19(17(16)12-13)22-23-20(24)21-18-9-5-4-7-14(18)2/h4-5,7,9,11-12H,6,8,10H2,1-3H3,(H2,21,23,24). The number of nitrogens with zero attached hydrogens (tertiary/aromatic N) is 1. The van der Waals surface area contributed by atoms with Crippen LogP contribution in [0.3, 0.4) is 0 Å². The fourth-order valence-electron chi connectivity index (χ4n) is 3.25. The normalized spacial score (nSPS) is 15.0. The van der Waals surface area contributed by atoms with E-state index >= 15 is 0 Å². The van der Waals surface area contributed by atoms with Gasteiger partial charge >= 0.3 is 0 Å². The van der Waals surface area contributed by atoms with E-state index in [2.05, 4.69) is 54.8 Å². The van der Waals surface area contributed by atoms with Crippen LogP contribution >= 0.6 is 12.2 Å². The second-order valence-electron chi connectivity index (χ2n) is 6.40. The number of hydrogen-bond acceptors (Lipinski definition) is 2. The number of hydrazone groups is 1. The first-order valence-electron chi connectivity index (χ1n) is 8.34. The zero-order valence-corrected chi connectivity index (χ0v) is 15.3. The van der Waals surface area contributed by atoms with E-state index in [1.165, 1.54) is 22.3 Å². The zero-order chi connectivity index (χ0) is 17.1. The van der Waals surface area contributed by atoms with Gasteiger partial charge in [-0.15, -0.1) is 0 Å². The molecule has 2 N–H and O–H groups in total. The van der Waals surface area contributed by atoms with Crippen LogP contribution in [0.1, 0.15) is 40.7 Å². The lowest BCUT2D eigenvalue weighted by Crippen LogP contribution is -2.26. The van der Waals surface area contributed by atoms with E-state index < -0.39 is 0 Å². The number of benzene rings is 2. The molecular formula is C20H23N3S. The molecule has 3 nitrogen and oxygen atoms in total. The van der Waals surface area contributed by atoms with Crippen molar-refractivity contribution >= 4 is 28.7 Å². The summed E-state index contributed by atoms with van der Waals surface area (Å²) in [7, 11) is 0. The average Bonchev–Trinajstić information content (AvgIpc) is 2.55. The fraction of sp³-hybridized carbons (Fsp3) is 0.300. The van der Waals surface area contributed by atoms with E-state index in [1.807, 2.05) is 18.2 Å². The van der Waals surface area contributed by atoms with Gasteiger partial charge in [-0.05, 0) is 81.1 Å². The SMILES string of the molecule is Cc1cc(C)c2c(c1)C(=NNC(=S)Nc1ccccc1C)CCC2. The van der Waals surface area contributed by atoms with Gasteiger partial charge in [0, 0.05) is 11.3 Å². The van der Waals surface area contributed by atoms with Crippen molar-refractivity contribution in [2.45, 2.75) is 40.0 Å². The molecule has 0 heterocycles. The lowest BCUT2D eigenvalue weighted by atomic mass is 9.86. The highest BCUT2D eigenvalue weighted by molar-refractivity contribution is 7.80. The molecule has 0 atom stereocenters. The van der Waals surface area contributed by atoms with Gasteiger partial charge in [0.1, 0.15) is 0 Å². The smallest absolute Gasteiger partial charge is 0.191 e. The Morgan fingerprint density at radius 1 is 1.04 bits per heavy atom. The van der Waals surface area contributed by atoms with E-state index in [0.29, 0.717) is 5.11 Å². The van der Waals surface area contributed by atoms with Crippen LogP contribution in [0.25, 0.3) is 0 Å². The monoisotopic (exact) mass is 337 g/mol. The number of fused-ring (bicyclic) bond motifs is 1. The molecule has 124 valence electrons. The number of rotatable bonds is 2. The Morgan fingerprint density at radius 3 is 2.62 bits per heavy atom. The summed E-state index contributed by atoms with van der Waals surface area (Å²) in [6, 6.07) is 12.6. The van der Waals surface area contributed by atoms with Crippen LogP contribution < -0.4 is 10.7 Å². The van der Waals surface area contributed by atoms with E-state index in [4.69, 9.17) is 12.2 Å². The van der Waals surface area contributed by atoms with Crippen LogP contribution in [-0.4, -0.2) is 10.8 Å². The Hall–Kier alpha value is -2.20. The Kier molecular flexibility index (Phi) is 4.95. The molecule has 0 aliphatic heterocycles. The van der Waals surface area contributed by atoms with Crippen molar-refractivity contribution in [3.63, 3.8) is 0 Å². The molecule has 0 spiro atoms. The second-order valence-corrected chi connectivity index (χ2v) is 6.81. The highest BCUT2D eigenvalue weighted by Gasteiger charge is 2.18. The summed E-state index contributed by atoms with van der Waals surface area (Å²) >= 11 is 5.39. The lowest BCUT2D eigenvalue weighted by Gasteiger charge is -2.21. The summed E-state index contributed by atoms with van der Waals surface area (Å²) in [5.41, 5.74) is 11.6. The number of para-hydroxylation sites is 1. The number of aryl methyl sites for hydroxylation is 3. The first-order valence-corrected chi connectivity index (χ1v) is 8.75. The maximum Gasteiger partial charge on any atom is 0.191 e. The van der Waals surface area contributed by atoms with E-state index in [-0.39, 0.29) is 0 Å². The number of hydrogen-bond donors (Lipinski definition) is 2. The van der Waals surface area contributed by atoms with E-state index in [9.17, 15) is 0 Å². The van der Waals surface area contributed by atoms with Gasteiger partial charge in [-0.1, -0.05) is 29.8 Å². The maximum atomic E-state index is 5.39. The predicted octanol–water partition coefficient (Wildman–Crippen LogP) is 4.64. The molecule has 3 rings (SSSR count). The Labute approximate surface area is 149 Å². The third kappa shape index (κ3) is 3.65. The van der Waals surface area contributed by atoms with Gasteiger partial charge in [0.2, 0.25) is 0 Å². The lowest BCUT2D eigenvalue weighted by molar-refractivity contribution is 0.821. The third-order valence-corrected chi connectivity index (χ3v) is 4.65. The molecule has 4 heteroatoms. The van der Waals surface area contributed by atoms with Gasteiger partial charge in [-0.2, -0.15) is 5.10 Å². The van der Waals surface area contributed by atoms with Crippen LogP contribution in [0, 0.1) is 20.8 Å². The molecule has 0 bridgehead atoms. The molecular weight excluding hydrogens is 314 g/mol.